The third-order valence-electron chi connectivity index (χ3n) is 4.45. The van der Waals surface area contributed by atoms with Crippen molar-refractivity contribution in [2.45, 2.75) is 44.6 Å². The van der Waals surface area contributed by atoms with Gasteiger partial charge in [0.2, 0.25) is 0 Å². The number of aromatic nitrogens is 2. The molecule has 132 valence electrons. The number of rotatable bonds is 6. The molecule has 6 heteroatoms. The minimum atomic E-state index is -0.259. The number of amides is 1. The Hall–Kier alpha value is -2.50. The van der Waals surface area contributed by atoms with Gasteiger partial charge in [-0.2, -0.15) is 0 Å². The zero-order chi connectivity index (χ0) is 17.5. The molecule has 1 aliphatic carbocycles. The zero-order valence-electron chi connectivity index (χ0n) is 14.2. The average molecular weight is 342 g/mol. The summed E-state index contributed by atoms with van der Waals surface area (Å²) in [6, 6.07) is 6.72. The van der Waals surface area contributed by atoms with E-state index in [0.29, 0.717) is 24.7 Å². The van der Waals surface area contributed by atoms with Crippen molar-refractivity contribution < 1.29 is 9.18 Å². The topological polar surface area (TPSA) is 66.9 Å². The monoisotopic (exact) mass is 342 g/mol. The van der Waals surface area contributed by atoms with Crippen LogP contribution in [0.5, 0.6) is 0 Å². The SMILES string of the molecule is O=C(NCCc1ccc(F)cc1)c1cnc(NC2CCCCC2)cn1. The zero-order valence-corrected chi connectivity index (χ0v) is 14.2. The lowest BCUT2D eigenvalue weighted by Gasteiger charge is -2.23. The van der Waals surface area contributed by atoms with Crippen LogP contribution in [0.3, 0.4) is 0 Å². The molecule has 5 nitrogen and oxygen atoms in total. The minimum absolute atomic E-state index is 0.251. The molecule has 2 aromatic rings. The van der Waals surface area contributed by atoms with Crippen molar-refractivity contribution in [2.75, 3.05) is 11.9 Å². The van der Waals surface area contributed by atoms with Crippen LogP contribution in [-0.4, -0.2) is 28.5 Å². The summed E-state index contributed by atoms with van der Waals surface area (Å²) in [6.45, 7) is 0.466. The fourth-order valence-corrected chi connectivity index (χ4v) is 3.04. The molecule has 0 bridgehead atoms. The van der Waals surface area contributed by atoms with E-state index in [0.717, 1.165) is 24.2 Å². The molecule has 1 aromatic heterocycles. The second-order valence-electron chi connectivity index (χ2n) is 6.40. The quantitative estimate of drug-likeness (QED) is 0.845. The first-order valence-corrected chi connectivity index (χ1v) is 8.82. The first-order chi connectivity index (χ1) is 12.2. The smallest absolute Gasteiger partial charge is 0.271 e. The van der Waals surface area contributed by atoms with E-state index in [4.69, 9.17) is 0 Å². The third kappa shape index (κ3) is 5.24. The van der Waals surface area contributed by atoms with E-state index in [9.17, 15) is 9.18 Å². The van der Waals surface area contributed by atoms with E-state index in [1.165, 1.54) is 37.6 Å². The normalized spacial score (nSPS) is 14.9. The van der Waals surface area contributed by atoms with Gasteiger partial charge < -0.3 is 10.6 Å². The maximum Gasteiger partial charge on any atom is 0.271 e. The molecular formula is C19H23FN4O. The van der Waals surface area contributed by atoms with Crippen LogP contribution in [-0.2, 0) is 6.42 Å². The highest BCUT2D eigenvalue weighted by Gasteiger charge is 2.14. The Morgan fingerprint density at radius 2 is 1.84 bits per heavy atom. The van der Waals surface area contributed by atoms with Gasteiger partial charge in [-0.3, -0.25) is 4.79 Å². The maximum atomic E-state index is 12.8. The highest BCUT2D eigenvalue weighted by atomic mass is 19.1. The van der Waals surface area contributed by atoms with E-state index in [2.05, 4.69) is 20.6 Å². The van der Waals surface area contributed by atoms with Gasteiger partial charge in [-0.15, -0.1) is 0 Å². The maximum absolute atomic E-state index is 12.8. The number of anilines is 1. The number of benzene rings is 1. The molecule has 1 fully saturated rings. The van der Waals surface area contributed by atoms with Gasteiger partial charge >= 0.3 is 0 Å². The summed E-state index contributed by atoms with van der Waals surface area (Å²) in [5.74, 6) is 0.207. The standard InChI is InChI=1S/C19H23FN4O/c20-15-8-6-14(7-9-15)10-11-21-19(25)17-12-23-18(13-22-17)24-16-4-2-1-3-5-16/h6-9,12-13,16H,1-5,10-11H2,(H,21,25)(H,23,24). The van der Waals surface area contributed by atoms with E-state index in [1.54, 1.807) is 18.3 Å². The van der Waals surface area contributed by atoms with Gasteiger partial charge in [-0.05, 0) is 37.0 Å². The van der Waals surface area contributed by atoms with Crippen LogP contribution >= 0.6 is 0 Å². The van der Waals surface area contributed by atoms with E-state index in [1.807, 2.05) is 0 Å². The summed E-state index contributed by atoms with van der Waals surface area (Å²) in [5.41, 5.74) is 1.27. The van der Waals surface area contributed by atoms with Gasteiger partial charge in [0.15, 0.2) is 0 Å². The van der Waals surface area contributed by atoms with Gasteiger partial charge in [-0.25, -0.2) is 14.4 Å². The molecule has 2 N–H and O–H groups in total. The summed E-state index contributed by atoms with van der Waals surface area (Å²) in [4.78, 5) is 20.6. The summed E-state index contributed by atoms with van der Waals surface area (Å²) in [7, 11) is 0. The van der Waals surface area contributed by atoms with Gasteiger partial charge in [0.1, 0.15) is 17.3 Å². The average Bonchev–Trinajstić information content (AvgIpc) is 2.65. The van der Waals surface area contributed by atoms with Crippen molar-refractivity contribution in [1.82, 2.24) is 15.3 Å². The fourth-order valence-electron chi connectivity index (χ4n) is 3.04. The van der Waals surface area contributed by atoms with E-state index >= 15 is 0 Å². The Morgan fingerprint density at radius 3 is 2.52 bits per heavy atom. The second kappa shape index (κ2) is 8.55. The first-order valence-electron chi connectivity index (χ1n) is 8.82. The predicted molar refractivity (Wildman–Crippen MR) is 95.0 cm³/mol. The third-order valence-corrected chi connectivity index (χ3v) is 4.45. The Balaban J connectivity index is 1.46. The first kappa shape index (κ1) is 17.3. The van der Waals surface area contributed by atoms with Crippen LogP contribution < -0.4 is 10.6 Å². The fraction of sp³-hybridized carbons (Fsp3) is 0.421. The number of hydrogen-bond acceptors (Lipinski definition) is 4. The molecule has 0 radical (unpaired) electrons. The lowest BCUT2D eigenvalue weighted by Crippen LogP contribution is -2.27. The van der Waals surface area contributed by atoms with Crippen LogP contribution in [0.25, 0.3) is 0 Å². The summed E-state index contributed by atoms with van der Waals surface area (Å²) < 4.78 is 12.8. The van der Waals surface area contributed by atoms with Crippen LogP contribution in [0.2, 0.25) is 0 Å². The predicted octanol–water partition coefficient (Wildman–Crippen LogP) is 3.33. The van der Waals surface area contributed by atoms with E-state index < -0.39 is 0 Å². The largest absolute Gasteiger partial charge is 0.366 e. The molecule has 0 saturated heterocycles. The van der Waals surface area contributed by atoms with Crippen LogP contribution in [0, 0.1) is 5.82 Å². The van der Waals surface area contributed by atoms with Gasteiger partial charge in [0.25, 0.3) is 5.91 Å². The van der Waals surface area contributed by atoms with Crippen molar-refractivity contribution in [3.8, 4) is 0 Å². The molecule has 25 heavy (non-hydrogen) atoms. The number of carbonyl (C=O) groups is 1. The number of nitrogens with zero attached hydrogens (tertiary/aromatic N) is 2. The molecule has 0 spiro atoms. The summed E-state index contributed by atoms with van der Waals surface area (Å²) in [5, 5.41) is 6.19. The van der Waals surface area contributed by atoms with Crippen LogP contribution in [0.4, 0.5) is 10.2 Å². The van der Waals surface area contributed by atoms with Crippen molar-refractivity contribution in [2.24, 2.45) is 0 Å². The van der Waals surface area contributed by atoms with Gasteiger partial charge in [-0.1, -0.05) is 31.4 Å². The molecule has 0 atom stereocenters. The molecule has 1 aromatic carbocycles. The lowest BCUT2D eigenvalue weighted by atomic mass is 9.96. The Bertz CT molecular complexity index is 682. The Labute approximate surface area is 147 Å². The molecule has 0 aliphatic heterocycles. The Morgan fingerprint density at radius 1 is 1.08 bits per heavy atom. The van der Waals surface area contributed by atoms with Crippen molar-refractivity contribution in [1.29, 1.82) is 0 Å². The summed E-state index contributed by atoms with van der Waals surface area (Å²) >= 11 is 0. The lowest BCUT2D eigenvalue weighted by molar-refractivity contribution is 0.0949. The van der Waals surface area contributed by atoms with Crippen LogP contribution in [0.15, 0.2) is 36.7 Å². The van der Waals surface area contributed by atoms with Crippen molar-refractivity contribution in [3.05, 3.63) is 53.7 Å². The van der Waals surface area contributed by atoms with Crippen molar-refractivity contribution in [3.63, 3.8) is 0 Å². The Kier molecular flexibility index (Phi) is 5.93. The summed E-state index contributed by atoms with van der Waals surface area (Å²) in [6.07, 6.45) is 9.88. The van der Waals surface area contributed by atoms with E-state index in [-0.39, 0.29) is 11.7 Å². The van der Waals surface area contributed by atoms with Crippen LogP contribution in [0.1, 0.15) is 48.2 Å². The number of carbonyl (C=O) groups excluding carboxylic acids is 1. The molecule has 1 heterocycles. The van der Waals surface area contributed by atoms with Gasteiger partial charge in [0.05, 0.1) is 12.4 Å². The molecule has 1 amide bonds. The highest BCUT2D eigenvalue weighted by molar-refractivity contribution is 5.91. The number of hydrogen-bond donors (Lipinski definition) is 2. The highest BCUT2D eigenvalue weighted by Crippen LogP contribution is 2.20. The molecule has 0 unspecified atom stereocenters. The second-order valence-corrected chi connectivity index (χ2v) is 6.40. The number of nitrogens with one attached hydrogen (secondary N) is 2. The van der Waals surface area contributed by atoms with Crippen molar-refractivity contribution >= 4 is 11.7 Å². The molecular weight excluding hydrogens is 319 g/mol. The number of halogens is 1. The molecule has 3 rings (SSSR count). The van der Waals surface area contributed by atoms with Gasteiger partial charge in [0, 0.05) is 12.6 Å². The molecule has 1 aliphatic rings. The minimum Gasteiger partial charge on any atom is -0.366 e. The molecule has 1 saturated carbocycles.